The zero-order chi connectivity index (χ0) is 8.39. The minimum absolute atomic E-state index is 0. The summed E-state index contributed by atoms with van der Waals surface area (Å²) in [5, 5.41) is 12.2. The predicted molar refractivity (Wildman–Crippen MR) is 55.0 cm³/mol. The van der Waals surface area contributed by atoms with Crippen LogP contribution in [0.25, 0.3) is 0 Å². The molecule has 72 valence electrons. The van der Waals surface area contributed by atoms with Gasteiger partial charge in [-0.1, -0.05) is 18.2 Å². The second-order valence-corrected chi connectivity index (χ2v) is 3.19. The molecule has 0 aromatic heterocycles. The Morgan fingerprint density at radius 1 is 1.31 bits per heavy atom. The Balaban J connectivity index is 0.000000845. The number of fused-ring (bicyclic) bond motifs is 1. The molecular weight excluding hydrogens is 186 g/mol. The van der Waals surface area contributed by atoms with Crippen LogP contribution < -0.4 is 5.32 Å². The fraction of sp³-hybridized carbons (Fsp3) is 0.400. The highest BCUT2D eigenvalue weighted by atomic mass is 35.5. The molecule has 0 radical (unpaired) electrons. The molecule has 0 fully saturated rings. The highest BCUT2D eigenvalue weighted by Crippen LogP contribution is 2.15. The van der Waals surface area contributed by atoms with Gasteiger partial charge in [-0.2, -0.15) is 0 Å². The van der Waals surface area contributed by atoms with Crippen LogP contribution >= 0.6 is 12.4 Å². The highest BCUT2D eigenvalue weighted by Gasteiger charge is 2.07. The van der Waals surface area contributed by atoms with Crippen LogP contribution in [0.2, 0.25) is 0 Å². The lowest BCUT2D eigenvalue weighted by molar-refractivity contribution is 0.281. The van der Waals surface area contributed by atoms with E-state index in [4.69, 9.17) is 5.11 Å². The number of halogens is 1. The first-order chi connectivity index (χ1) is 5.90. The SMILES string of the molecule is Cl.OCc1ccc2c(c1)CCNC2. The van der Waals surface area contributed by atoms with Crippen molar-refractivity contribution in [1.82, 2.24) is 5.32 Å². The third kappa shape index (κ3) is 2.21. The molecule has 2 rings (SSSR count). The fourth-order valence-corrected chi connectivity index (χ4v) is 1.63. The quantitative estimate of drug-likeness (QED) is 0.714. The van der Waals surface area contributed by atoms with Crippen molar-refractivity contribution >= 4 is 12.4 Å². The number of nitrogens with one attached hydrogen (secondary N) is 1. The van der Waals surface area contributed by atoms with Crippen LogP contribution in [-0.2, 0) is 19.6 Å². The van der Waals surface area contributed by atoms with Crippen molar-refractivity contribution in [3.05, 3.63) is 34.9 Å². The van der Waals surface area contributed by atoms with Crippen molar-refractivity contribution in [1.29, 1.82) is 0 Å². The van der Waals surface area contributed by atoms with Gasteiger partial charge in [0.1, 0.15) is 0 Å². The molecule has 2 N–H and O–H groups in total. The molecule has 1 heterocycles. The third-order valence-corrected chi connectivity index (χ3v) is 2.34. The molecule has 2 nitrogen and oxygen atoms in total. The van der Waals surface area contributed by atoms with Gasteiger partial charge in [-0.05, 0) is 29.7 Å². The molecule has 0 amide bonds. The highest BCUT2D eigenvalue weighted by molar-refractivity contribution is 5.85. The van der Waals surface area contributed by atoms with Gasteiger partial charge in [-0.25, -0.2) is 0 Å². The van der Waals surface area contributed by atoms with E-state index >= 15 is 0 Å². The van der Waals surface area contributed by atoms with Crippen LogP contribution in [0.15, 0.2) is 18.2 Å². The topological polar surface area (TPSA) is 32.3 Å². The van der Waals surface area contributed by atoms with Crippen molar-refractivity contribution in [2.75, 3.05) is 6.54 Å². The summed E-state index contributed by atoms with van der Waals surface area (Å²) in [5.41, 5.74) is 3.79. The molecule has 1 aliphatic rings. The smallest absolute Gasteiger partial charge is 0.0681 e. The van der Waals surface area contributed by atoms with Gasteiger partial charge in [0.15, 0.2) is 0 Å². The maximum atomic E-state index is 8.92. The maximum Gasteiger partial charge on any atom is 0.0681 e. The zero-order valence-electron chi connectivity index (χ0n) is 7.42. The summed E-state index contributed by atoms with van der Waals surface area (Å²) in [6, 6.07) is 6.20. The molecule has 0 saturated heterocycles. The first-order valence-electron chi connectivity index (χ1n) is 4.32. The van der Waals surface area contributed by atoms with Crippen LogP contribution in [0.3, 0.4) is 0 Å². The number of aliphatic hydroxyl groups is 1. The normalized spacial score (nSPS) is 14.5. The lowest BCUT2D eigenvalue weighted by atomic mass is 9.99. The van der Waals surface area contributed by atoms with Gasteiger partial charge in [-0.3, -0.25) is 0 Å². The zero-order valence-corrected chi connectivity index (χ0v) is 8.23. The molecule has 1 aromatic carbocycles. The average Bonchev–Trinajstić information content (AvgIpc) is 2.17. The van der Waals surface area contributed by atoms with Gasteiger partial charge < -0.3 is 10.4 Å². The Morgan fingerprint density at radius 3 is 2.92 bits per heavy atom. The van der Waals surface area contributed by atoms with E-state index in [1.54, 1.807) is 0 Å². The number of hydrogen-bond acceptors (Lipinski definition) is 2. The minimum atomic E-state index is 0. The van der Waals surface area contributed by atoms with Crippen LogP contribution in [-0.4, -0.2) is 11.7 Å². The van der Waals surface area contributed by atoms with Crippen LogP contribution in [0.1, 0.15) is 16.7 Å². The fourth-order valence-electron chi connectivity index (χ4n) is 1.63. The number of rotatable bonds is 1. The van der Waals surface area contributed by atoms with Gasteiger partial charge >= 0.3 is 0 Å². The summed E-state index contributed by atoms with van der Waals surface area (Å²) in [6.45, 7) is 2.18. The van der Waals surface area contributed by atoms with Crippen molar-refractivity contribution in [3.63, 3.8) is 0 Å². The monoisotopic (exact) mass is 199 g/mol. The van der Waals surface area contributed by atoms with E-state index in [9.17, 15) is 0 Å². The first kappa shape index (κ1) is 10.5. The Labute approximate surface area is 84.4 Å². The summed E-state index contributed by atoms with van der Waals surface area (Å²) in [5.74, 6) is 0. The predicted octanol–water partition coefficient (Wildman–Crippen LogP) is 1.25. The molecule has 1 aliphatic heterocycles. The third-order valence-electron chi connectivity index (χ3n) is 2.34. The van der Waals surface area contributed by atoms with Crippen molar-refractivity contribution in [2.24, 2.45) is 0 Å². The molecule has 0 spiro atoms. The summed E-state index contributed by atoms with van der Waals surface area (Å²) in [6.07, 6.45) is 1.09. The molecule has 1 aromatic rings. The van der Waals surface area contributed by atoms with E-state index in [0.29, 0.717) is 0 Å². The van der Waals surface area contributed by atoms with Crippen molar-refractivity contribution < 1.29 is 5.11 Å². The molecule has 0 saturated carbocycles. The molecule has 3 heteroatoms. The summed E-state index contributed by atoms with van der Waals surface area (Å²) in [7, 11) is 0. The minimum Gasteiger partial charge on any atom is -0.392 e. The summed E-state index contributed by atoms with van der Waals surface area (Å²) in [4.78, 5) is 0. The second-order valence-electron chi connectivity index (χ2n) is 3.19. The Morgan fingerprint density at radius 2 is 2.15 bits per heavy atom. The average molecular weight is 200 g/mol. The Bertz CT molecular complexity index is 288. The van der Waals surface area contributed by atoms with Gasteiger partial charge in [-0.15, -0.1) is 12.4 Å². The van der Waals surface area contributed by atoms with Gasteiger partial charge in [0.25, 0.3) is 0 Å². The van der Waals surface area contributed by atoms with Crippen molar-refractivity contribution in [3.8, 4) is 0 Å². The molecule has 0 atom stereocenters. The van der Waals surface area contributed by atoms with Crippen LogP contribution in [0, 0.1) is 0 Å². The lowest BCUT2D eigenvalue weighted by Crippen LogP contribution is -2.23. The Hall–Kier alpha value is -0.570. The van der Waals surface area contributed by atoms with Crippen LogP contribution in [0.5, 0.6) is 0 Å². The lowest BCUT2D eigenvalue weighted by Gasteiger charge is -2.17. The maximum absolute atomic E-state index is 8.92. The van der Waals surface area contributed by atoms with Gasteiger partial charge in [0.05, 0.1) is 6.61 Å². The van der Waals surface area contributed by atoms with E-state index in [1.807, 2.05) is 6.07 Å². The molecule has 0 unspecified atom stereocenters. The van der Waals surface area contributed by atoms with E-state index in [0.717, 1.165) is 25.1 Å². The van der Waals surface area contributed by atoms with E-state index in [-0.39, 0.29) is 19.0 Å². The molecule has 0 bridgehead atoms. The summed E-state index contributed by atoms with van der Waals surface area (Å²) < 4.78 is 0. The van der Waals surface area contributed by atoms with Gasteiger partial charge in [0.2, 0.25) is 0 Å². The van der Waals surface area contributed by atoms with E-state index in [1.165, 1.54) is 11.1 Å². The second kappa shape index (κ2) is 4.61. The largest absolute Gasteiger partial charge is 0.392 e. The van der Waals surface area contributed by atoms with Crippen molar-refractivity contribution in [2.45, 2.75) is 19.6 Å². The molecule has 13 heavy (non-hydrogen) atoms. The summed E-state index contributed by atoms with van der Waals surface area (Å²) >= 11 is 0. The van der Waals surface area contributed by atoms with Gasteiger partial charge in [0, 0.05) is 6.54 Å². The Kier molecular flexibility index (Phi) is 3.72. The first-order valence-corrected chi connectivity index (χ1v) is 4.32. The van der Waals surface area contributed by atoms with E-state index in [2.05, 4.69) is 17.4 Å². The molecular formula is C10H14ClNO. The standard InChI is InChI=1S/C10H13NO.ClH/c12-7-8-1-2-10-6-11-4-3-9(10)5-8;/h1-2,5,11-12H,3-4,6-7H2;1H. The number of hydrogen-bond donors (Lipinski definition) is 2. The molecule has 0 aliphatic carbocycles. The van der Waals surface area contributed by atoms with Crippen LogP contribution in [0.4, 0.5) is 0 Å². The van der Waals surface area contributed by atoms with E-state index < -0.39 is 0 Å². The number of aliphatic hydroxyl groups excluding tert-OH is 1. The number of benzene rings is 1.